The molecule has 0 radical (unpaired) electrons. The summed E-state index contributed by atoms with van der Waals surface area (Å²) in [4.78, 5) is 24.3. The molecule has 1 heterocycles. The molecule has 0 bridgehead atoms. The van der Waals surface area contributed by atoms with E-state index >= 15 is 0 Å². The summed E-state index contributed by atoms with van der Waals surface area (Å²) in [5.41, 5.74) is 1.22. The first kappa shape index (κ1) is 18.9. The molecule has 1 atom stereocenters. The summed E-state index contributed by atoms with van der Waals surface area (Å²) >= 11 is 6.37. The molecule has 1 aliphatic rings. The molecule has 8 heteroatoms. The average molecular weight is 369 g/mol. The van der Waals surface area contributed by atoms with E-state index in [2.05, 4.69) is 10.6 Å². The standard InChI is InChI=1S/C17H21ClN2O5/c1-5-24-13-7-10(11(18)8-12(13)23-4)15-14(16(21)25-6-2)9(3)19-17(22)20-15/h7-8,15H,5-6H2,1-4H3,(H2,19,20,22)/t15-/m1/s1. The monoisotopic (exact) mass is 368 g/mol. The van der Waals surface area contributed by atoms with Gasteiger partial charge in [0.1, 0.15) is 0 Å². The van der Waals surface area contributed by atoms with Gasteiger partial charge >= 0.3 is 12.0 Å². The zero-order chi connectivity index (χ0) is 18.6. The molecule has 0 unspecified atom stereocenters. The van der Waals surface area contributed by atoms with Crippen LogP contribution in [0.1, 0.15) is 32.4 Å². The third kappa shape index (κ3) is 3.99. The van der Waals surface area contributed by atoms with Gasteiger partial charge in [0.25, 0.3) is 0 Å². The number of benzene rings is 1. The molecule has 0 aromatic heterocycles. The fourth-order valence-electron chi connectivity index (χ4n) is 2.61. The normalized spacial score (nSPS) is 16.8. The summed E-state index contributed by atoms with van der Waals surface area (Å²) in [5.74, 6) is 0.412. The van der Waals surface area contributed by atoms with Crippen molar-refractivity contribution in [1.82, 2.24) is 10.6 Å². The fourth-order valence-corrected chi connectivity index (χ4v) is 2.87. The van der Waals surface area contributed by atoms with Gasteiger partial charge in [-0.2, -0.15) is 0 Å². The summed E-state index contributed by atoms with van der Waals surface area (Å²) in [6.45, 7) is 5.84. The zero-order valence-electron chi connectivity index (χ0n) is 14.6. The number of methoxy groups -OCH3 is 1. The van der Waals surface area contributed by atoms with Crippen molar-refractivity contribution in [2.75, 3.05) is 20.3 Å². The second-order valence-electron chi connectivity index (χ2n) is 5.25. The molecule has 136 valence electrons. The van der Waals surface area contributed by atoms with Gasteiger partial charge in [0.2, 0.25) is 0 Å². The molecular weight excluding hydrogens is 348 g/mol. The van der Waals surface area contributed by atoms with E-state index in [1.165, 1.54) is 7.11 Å². The lowest BCUT2D eigenvalue weighted by atomic mass is 9.95. The van der Waals surface area contributed by atoms with Crippen molar-refractivity contribution in [3.8, 4) is 11.5 Å². The summed E-state index contributed by atoms with van der Waals surface area (Å²) in [5, 5.41) is 5.63. The number of allylic oxidation sites excluding steroid dienone is 1. The third-order valence-corrected chi connectivity index (χ3v) is 3.99. The Balaban J connectivity index is 2.56. The number of rotatable bonds is 6. The Morgan fingerprint density at radius 1 is 1.24 bits per heavy atom. The molecular formula is C17H21ClN2O5. The van der Waals surface area contributed by atoms with Crippen LogP contribution in [-0.2, 0) is 9.53 Å². The molecule has 1 aromatic carbocycles. The molecule has 25 heavy (non-hydrogen) atoms. The predicted molar refractivity (Wildman–Crippen MR) is 92.9 cm³/mol. The molecule has 0 fully saturated rings. The van der Waals surface area contributed by atoms with Gasteiger partial charge in [0, 0.05) is 17.3 Å². The van der Waals surface area contributed by atoms with Gasteiger partial charge in [-0.05, 0) is 26.8 Å². The van der Waals surface area contributed by atoms with E-state index in [4.69, 9.17) is 25.8 Å². The molecule has 2 amide bonds. The first-order valence-corrected chi connectivity index (χ1v) is 8.26. The Labute approximate surface area is 151 Å². The van der Waals surface area contributed by atoms with E-state index in [9.17, 15) is 9.59 Å². The van der Waals surface area contributed by atoms with Crippen molar-refractivity contribution in [3.05, 3.63) is 34.0 Å². The number of hydrogen-bond acceptors (Lipinski definition) is 5. The van der Waals surface area contributed by atoms with Crippen LogP contribution in [0.15, 0.2) is 23.4 Å². The quantitative estimate of drug-likeness (QED) is 0.754. The lowest BCUT2D eigenvalue weighted by Gasteiger charge is -2.29. The van der Waals surface area contributed by atoms with Gasteiger partial charge in [0.15, 0.2) is 11.5 Å². The van der Waals surface area contributed by atoms with Crippen molar-refractivity contribution >= 4 is 23.6 Å². The van der Waals surface area contributed by atoms with Gasteiger partial charge in [-0.3, -0.25) is 0 Å². The highest BCUT2D eigenvalue weighted by atomic mass is 35.5. The van der Waals surface area contributed by atoms with Crippen LogP contribution < -0.4 is 20.1 Å². The van der Waals surface area contributed by atoms with Crippen LogP contribution in [0.3, 0.4) is 0 Å². The van der Waals surface area contributed by atoms with Gasteiger partial charge in [0.05, 0.1) is 37.0 Å². The molecule has 1 aliphatic heterocycles. The number of hydrogen-bond donors (Lipinski definition) is 2. The maximum Gasteiger partial charge on any atom is 0.338 e. The van der Waals surface area contributed by atoms with Crippen LogP contribution in [0.2, 0.25) is 5.02 Å². The lowest BCUT2D eigenvalue weighted by Crippen LogP contribution is -2.45. The first-order chi connectivity index (χ1) is 11.9. The van der Waals surface area contributed by atoms with Crippen molar-refractivity contribution in [3.63, 3.8) is 0 Å². The van der Waals surface area contributed by atoms with Crippen LogP contribution in [0.4, 0.5) is 4.79 Å². The maximum absolute atomic E-state index is 12.4. The number of esters is 1. The number of nitrogens with one attached hydrogen (secondary N) is 2. The summed E-state index contributed by atoms with van der Waals surface area (Å²) in [6, 6.07) is 2.06. The van der Waals surface area contributed by atoms with E-state index in [1.54, 1.807) is 26.0 Å². The van der Waals surface area contributed by atoms with E-state index in [0.29, 0.717) is 34.4 Å². The van der Waals surface area contributed by atoms with E-state index < -0.39 is 18.0 Å². The highest BCUT2D eigenvalue weighted by molar-refractivity contribution is 6.31. The predicted octanol–water partition coefficient (Wildman–Crippen LogP) is 2.94. The smallest absolute Gasteiger partial charge is 0.338 e. The number of carbonyl (C=O) groups is 2. The van der Waals surface area contributed by atoms with Gasteiger partial charge < -0.3 is 24.8 Å². The van der Waals surface area contributed by atoms with Crippen LogP contribution >= 0.6 is 11.6 Å². The Bertz CT molecular complexity index is 717. The molecule has 0 saturated carbocycles. The second-order valence-corrected chi connectivity index (χ2v) is 5.66. The highest BCUT2D eigenvalue weighted by Gasteiger charge is 2.34. The van der Waals surface area contributed by atoms with Crippen molar-refractivity contribution in [2.24, 2.45) is 0 Å². The Hall–Kier alpha value is -2.41. The molecule has 2 N–H and O–H groups in total. The molecule has 7 nitrogen and oxygen atoms in total. The van der Waals surface area contributed by atoms with Crippen LogP contribution in [0, 0.1) is 0 Å². The SMILES string of the molecule is CCOC(=O)C1=C(C)NC(=O)N[C@@H]1c1cc(OCC)c(OC)cc1Cl. The van der Waals surface area contributed by atoms with Gasteiger partial charge in [-0.15, -0.1) is 0 Å². The third-order valence-electron chi connectivity index (χ3n) is 3.66. The van der Waals surface area contributed by atoms with Crippen molar-refractivity contribution < 1.29 is 23.8 Å². The average Bonchev–Trinajstić information content (AvgIpc) is 2.55. The van der Waals surface area contributed by atoms with Crippen LogP contribution in [-0.4, -0.2) is 32.3 Å². The molecule has 0 saturated heterocycles. The minimum Gasteiger partial charge on any atom is -0.493 e. The number of amides is 2. The highest BCUT2D eigenvalue weighted by Crippen LogP contribution is 2.39. The Kier molecular flexibility index (Phi) is 6.14. The largest absolute Gasteiger partial charge is 0.493 e. The van der Waals surface area contributed by atoms with Crippen molar-refractivity contribution in [1.29, 1.82) is 0 Å². The van der Waals surface area contributed by atoms with Gasteiger partial charge in [-0.1, -0.05) is 11.6 Å². The van der Waals surface area contributed by atoms with Crippen LogP contribution in [0.25, 0.3) is 0 Å². The van der Waals surface area contributed by atoms with E-state index in [-0.39, 0.29) is 12.2 Å². The lowest BCUT2D eigenvalue weighted by molar-refractivity contribution is -0.139. The number of halogens is 1. The van der Waals surface area contributed by atoms with E-state index in [1.807, 2.05) is 6.92 Å². The Morgan fingerprint density at radius 3 is 2.56 bits per heavy atom. The first-order valence-electron chi connectivity index (χ1n) is 7.88. The Morgan fingerprint density at radius 2 is 1.96 bits per heavy atom. The van der Waals surface area contributed by atoms with Crippen molar-refractivity contribution in [2.45, 2.75) is 26.8 Å². The van der Waals surface area contributed by atoms with E-state index in [0.717, 1.165) is 0 Å². The summed E-state index contributed by atoms with van der Waals surface area (Å²) < 4.78 is 15.9. The number of carbonyl (C=O) groups excluding carboxylic acids is 2. The zero-order valence-corrected chi connectivity index (χ0v) is 15.3. The topological polar surface area (TPSA) is 85.9 Å². The summed E-state index contributed by atoms with van der Waals surface area (Å²) in [6.07, 6.45) is 0. The fraction of sp³-hybridized carbons (Fsp3) is 0.412. The number of ether oxygens (including phenoxy) is 3. The maximum atomic E-state index is 12.4. The molecule has 0 spiro atoms. The minimum atomic E-state index is -0.759. The molecule has 0 aliphatic carbocycles. The number of urea groups is 1. The van der Waals surface area contributed by atoms with Crippen LogP contribution in [0.5, 0.6) is 11.5 Å². The molecule has 2 rings (SSSR count). The molecule has 1 aromatic rings. The minimum absolute atomic E-state index is 0.219. The summed E-state index contributed by atoms with van der Waals surface area (Å²) in [7, 11) is 1.51. The second kappa shape index (κ2) is 8.11. The van der Waals surface area contributed by atoms with Gasteiger partial charge in [-0.25, -0.2) is 9.59 Å².